The van der Waals surface area contributed by atoms with Gasteiger partial charge in [-0.25, -0.2) is 0 Å². The molecule has 1 aromatic carbocycles. The maximum Gasteiger partial charge on any atom is 0.115 e. The van der Waals surface area contributed by atoms with Gasteiger partial charge in [-0.15, -0.1) is 0 Å². The Morgan fingerprint density at radius 1 is 1.32 bits per heavy atom. The van der Waals surface area contributed by atoms with E-state index in [1.54, 1.807) is 0 Å². The Labute approximate surface area is 163 Å². The molecule has 2 fully saturated rings. The van der Waals surface area contributed by atoms with E-state index in [4.69, 9.17) is 4.74 Å². The summed E-state index contributed by atoms with van der Waals surface area (Å²) in [5, 5.41) is 21.3. The summed E-state index contributed by atoms with van der Waals surface area (Å²) in [7, 11) is 1.81. The van der Waals surface area contributed by atoms with Gasteiger partial charge in [0.2, 0.25) is 0 Å². The lowest BCUT2D eigenvalue weighted by Gasteiger charge is -2.55. The Kier molecular flexibility index (Phi) is 4.44. The van der Waals surface area contributed by atoms with Gasteiger partial charge in [0.05, 0.1) is 11.7 Å². The van der Waals surface area contributed by atoms with Crippen LogP contribution in [0.5, 0.6) is 5.75 Å². The van der Waals surface area contributed by atoms with Crippen molar-refractivity contribution in [2.45, 2.75) is 56.7 Å². The molecule has 4 rings (SSSR count). The molecule has 1 aromatic rings. The van der Waals surface area contributed by atoms with Gasteiger partial charge in [-0.3, -0.25) is 0 Å². The van der Waals surface area contributed by atoms with Gasteiger partial charge in [0.15, 0.2) is 0 Å². The van der Waals surface area contributed by atoms with Crippen LogP contribution >= 0.6 is 22.6 Å². The second-order valence-electron chi connectivity index (χ2n) is 8.37. The highest BCUT2D eigenvalue weighted by Gasteiger charge is 2.63. The van der Waals surface area contributed by atoms with Crippen LogP contribution in [0.2, 0.25) is 0 Å². The van der Waals surface area contributed by atoms with Gasteiger partial charge >= 0.3 is 0 Å². The fourth-order valence-corrected chi connectivity index (χ4v) is 6.86. The first kappa shape index (κ1) is 17.8. The van der Waals surface area contributed by atoms with E-state index in [-0.39, 0.29) is 11.5 Å². The number of hydrogen-bond donors (Lipinski definition) is 2. The fraction of sp³-hybridized carbons (Fsp3) is 0.619. The summed E-state index contributed by atoms with van der Waals surface area (Å²) in [5.74, 6) is 1.79. The molecule has 2 saturated carbocycles. The molecular weight excluding hydrogens is 427 g/mol. The second kappa shape index (κ2) is 6.24. The van der Waals surface area contributed by atoms with Gasteiger partial charge in [0.25, 0.3) is 0 Å². The average Bonchev–Trinajstić information content (AvgIpc) is 2.85. The Morgan fingerprint density at radius 2 is 2.12 bits per heavy atom. The number of ether oxygens (including phenoxy) is 1. The van der Waals surface area contributed by atoms with E-state index in [2.05, 4.69) is 35.6 Å². The summed E-state index contributed by atoms with van der Waals surface area (Å²) in [4.78, 5) is 0. The van der Waals surface area contributed by atoms with Crippen LogP contribution in [0.15, 0.2) is 28.4 Å². The van der Waals surface area contributed by atoms with Crippen LogP contribution in [-0.4, -0.2) is 29.0 Å². The van der Waals surface area contributed by atoms with Crippen molar-refractivity contribution >= 4 is 22.6 Å². The fourth-order valence-electron chi connectivity index (χ4n) is 6.26. The van der Waals surface area contributed by atoms with E-state index in [0.717, 1.165) is 32.1 Å². The number of phenolic OH excluding ortho intramolecular Hbond substituents is 1. The average molecular weight is 454 g/mol. The molecule has 136 valence electrons. The topological polar surface area (TPSA) is 49.7 Å². The van der Waals surface area contributed by atoms with Crippen molar-refractivity contribution < 1.29 is 14.9 Å². The first-order valence-corrected chi connectivity index (χ1v) is 10.5. The van der Waals surface area contributed by atoms with Crippen molar-refractivity contribution in [3.63, 3.8) is 0 Å². The number of aliphatic hydroxyl groups is 1. The zero-order chi connectivity index (χ0) is 17.8. The van der Waals surface area contributed by atoms with E-state index in [1.807, 2.05) is 29.4 Å². The minimum atomic E-state index is -0.726. The maximum atomic E-state index is 11.4. The summed E-state index contributed by atoms with van der Waals surface area (Å²) < 4.78 is 7.96. The van der Waals surface area contributed by atoms with Crippen molar-refractivity contribution in [3.8, 4) is 5.75 Å². The highest BCUT2D eigenvalue weighted by Crippen LogP contribution is 2.65. The molecule has 25 heavy (non-hydrogen) atoms. The van der Waals surface area contributed by atoms with E-state index in [0.29, 0.717) is 23.5 Å². The van der Waals surface area contributed by atoms with Crippen LogP contribution in [0, 0.1) is 17.3 Å². The van der Waals surface area contributed by atoms with Crippen LogP contribution in [0.3, 0.4) is 0 Å². The van der Waals surface area contributed by atoms with Crippen LogP contribution in [0.1, 0.15) is 49.7 Å². The number of benzene rings is 1. The minimum Gasteiger partial charge on any atom is -0.508 e. The van der Waals surface area contributed by atoms with Crippen LogP contribution in [-0.2, 0) is 11.2 Å². The molecule has 2 N–H and O–H groups in total. The molecule has 6 atom stereocenters. The third-order valence-corrected chi connectivity index (χ3v) is 7.88. The number of methoxy groups -OCH3 is 1. The van der Waals surface area contributed by atoms with Gasteiger partial charge in [0.1, 0.15) is 5.75 Å². The van der Waals surface area contributed by atoms with E-state index >= 15 is 0 Å². The van der Waals surface area contributed by atoms with E-state index in [1.165, 1.54) is 11.1 Å². The molecule has 3 aliphatic carbocycles. The van der Waals surface area contributed by atoms with Crippen molar-refractivity contribution in [2.75, 3.05) is 7.11 Å². The third kappa shape index (κ3) is 2.51. The minimum absolute atomic E-state index is 0.113. The largest absolute Gasteiger partial charge is 0.508 e. The highest BCUT2D eigenvalue weighted by atomic mass is 127. The molecule has 0 aromatic heterocycles. The number of halogens is 1. The Morgan fingerprint density at radius 3 is 2.84 bits per heavy atom. The molecule has 4 heteroatoms. The van der Waals surface area contributed by atoms with Gasteiger partial charge in [-0.05, 0) is 77.4 Å². The lowest BCUT2D eigenvalue weighted by Crippen LogP contribution is -2.54. The third-order valence-electron chi connectivity index (χ3n) is 7.52. The smallest absolute Gasteiger partial charge is 0.115 e. The number of aryl methyl sites for hydroxylation is 1. The zero-order valence-electron chi connectivity index (χ0n) is 14.9. The highest BCUT2D eigenvalue weighted by molar-refractivity contribution is 14.1. The molecule has 3 nitrogen and oxygen atoms in total. The molecule has 0 aliphatic heterocycles. The van der Waals surface area contributed by atoms with Gasteiger partial charge in [-0.2, -0.15) is 0 Å². The zero-order valence-corrected chi connectivity index (χ0v) is 17.1. The summed E-state index contributed by atoms with van der Waals surface area (Å²) in [5.41, 5.74) is 1.76. The van der Waals surface area contributed by atoms with Crippen LogP contribution in [0.4, 0.5) is 0 Å². The number of phenols is 1. The van der Waals surface area contributed by atoms with Crippen LogP contribution in [0.25, 0.3) is 0 Å². The Balaban J connectivity index is 1.78. The van der Waals surface area contributed by atoms with Crippen molar-refractivity contribution in [2.24, 2.45) is 17.3 Å². The first-order valence-electron chi connectivity index (χ1n) is 9.28. The van der Waals surface area contributed by atoms with E-state index in [9.17, 15) is 10.2 Å². The Bertz CT molecular complexity index is 702. The number of hydrogen-bond acceptors (Lipinski definition) is 3. The molecule has 0 amide bonds. The summed E-state index contributed by atoms with van der Waals surface area (Å²) >= 11 is 2.22. The molecule has 0 spiro atoms. The molecule has 3 aliphatic rings. The van der Waals surface area contributed by atoms with Gasteiger partial charge in [0, 0.05) is 18.4 Å². The molecular formula is C21H27IO3. The molecule has 0 saturated heterocycles. The van der Waals surface area contributed by atoms with Crippen molar-refractivity contribution in [3.05, 3.63) is 39.5 Å². The predicted octanol–water partition coefficient (Wildman–Crippen LogP) is 4.55. The van der Waals surface area contributed by atoms with E-state index < -0.39 is 5.60 Å². The van der Waals surface area contributed by atoms with Crippen molar-refractivity contribution in [1.82, 2.24) is 0 Å². The molecule has 0 radical (unpaired) electrons. The predicted molar refractivity (Wildman–Crippen MR) is 107 cm³/mol. The monoisotopic (exact) mass is 454 g/mol. The number of rotatable bonds is 2. The van der Waals surface area contributed by atoms with Gasteiger partial charge in [-0.1, -0.05) is 35.6 Å². The maximum absolute atomic E-state index is 11.4. The summed E-state index contributed by atoms with van der Waals surface area (Å²) in [6, 6.07) is 5.84. The Hall–Kier alpha value is -0.590. The standard InChI is InChI=1S/C21H27IO3/c1-20-12-18(25-2)19-15-6-4-14(23)11-13(15)3-5-16(19)17(20)7-8-21(20,24)9-10-22/h4,6,9-11,16-19,23-24H,3,5,7-8,12H2,1-2H3/b10-9-/t16-,17-,18-,19+,20-,21+/m0/s1. The molecule has 0 heterocycles. The number of fused-ring (bicyclic) bond motifs is 5. The van der Waals surface area contributed by atoms with Crippen molar-refractivity contribution in [1.29, 1.82) is 0 Å². The van der Waals surface area contributed by atoms with Gasteiger partial charge < -0.3 is 14.9 Å². The lowest BCUT2D eigenvalue weighted by molar-refractivity contribution is -0.120. The first-order chi connectivity index (χ1) is 11.9. The molecule has 0 bridgehead atoms. The normalized spacial score (nSPS) is 42.9. The second-order valence-corrected chi connectivity index (χ2v) is 9.09. The molecule has 0 unspecified atom stereocenters. The lowest BCUT2D eigenvalue weighted by atomic mass is 9.52. The quantitative estimate of drug-likeness (QED) is 0.645. The summed E-state index contributed by atoms with van der Waals surface area (Å²) in [6.07, 6.45) is 7.05. The number of aromatic hydroxyl groups is 1. The SMILES string of the molecule is CO[C@H]1C[C@@]2(C)[C@@H](CC[C@@]2(O)/C=C\I)[C@@H]2CCc3cc(O)ccc3[C@H]21. The van der Waals surface area contributed by atoms with Crippen LogP contribution < -0.4 is 0 Å². The summed E-state index contributed by atoms with van der Waals surface area (Å²) in [6.45, 7) is 2.27.